The molecule has 1 aromatic heterocycles. The molecule has 0 aliphatic carbocycles. The highest BCUT2D eigenvalue weighted by molar-refractivity contribution is 5.62. The van der Waals surface area contributed by atoms with E-state index in [4.69, 9.17) is 5.26 Å². The lowest BCUT2D eigenvalue weighted by Crippen LogP contribution is -2.05. The van der Waals surface area contributed by atoms with Crippen LogP contribution in [0.2, 0.25) is 0 Å². The summed E-state index contributed by atoms with van der Waals surface area (Å²) in [6.07, 6.45) is 1.02. The van der Waals surface area contributed by atoms with E-state index in [9.17, 15) is 0 Å². The predicted molar refractivity (Wildman–Crippen MR) is 75.7 cm³/mol. The number of aryl methyl sites for hydroxylation is 1. The van der Waals surface area contributed by atoms with Crippen LogP contribution in [0.25, 0.3) is 11.3 Å². The van der Waals surface area contributed by atoms with E-state index in [2.05, 4.69) is 28.3 Å². The van der Waals surface area contributed by atoms with Crippen LogP contribution in [-0.2, 0) is 0 Å². The van der Waals surface area contributed by atoms with Crippen LogP contribution in [0.1, 0.15) is 24.6 Å². The monoisotopic (exact) mass is 252 g/mol. The lowest BCUT2D eigenvalue weighted by Gasteiger charge is -2.07. The lowest BCUT2D eigenvalue weighted by molar-refractivity contribution is 0.947. The maximum atomic E-state index is 8.94. The van der Waals surface area contributed by atoms with Crippen molar-refractivity contribution in [3.63, 3.8) is 0 Å². The topological polar surface area (TPSA) is 61.6 Å². The zero-order chi connectivity index (χ0) is 13.7. The minimum Gasteiger partial charge on any atom is -0.354 e. The first-order chi connectivity index (χ1) is 9.22. The van der Waals surface area contributed by atoms with Gasteiger partial charge in [-0.2, -0.15) is 5.26 Å². The zero-order valence-corrected chi connectivity index (χ0v) is 11.1. The molecule has 2 rings (SSSR count). The fourth-order valence-corrected chi connectivity index (χ4v) is 1.78. The van der Waals surface area contributed by atoms with Gasteiger partial charge in [0, 0.05) is 17.8 Å². The van der Waals surface area contributed by atoms with E-state index in [1.54, 1.807) is 6.07 Å². The molecule has 0 saturated heterocycles. The van der Waals surface area contributed by atoms with Gasteiger partial charge in [-0.1, -0.05) is 19.1 Å². The number of rotatable bonds is 4. The van der Waals surface area contributed by atoms with E-state index >= 15 is 0 Å². The molecule has 0 aliphatic rings. The molecule has 2 aromatic rings. The molecule has 0 radical (unpaired) electrons. The van der Waals surface area contributed by atoms with Crippen molar-refractivity contribution in [3.05, 3.63) is 41.6 Å². The van der Waals surface area contributed by atoms with Gasteiger partial charge in [-0.3, -0.25) is 0 Å². The van der Waals surface area contributed by atoms with Gasteiger partial charge in [0.1, 0.15) is 0 Å². The Bertz CT molecular complexity index is 614. The quantitative estimate of drug-likeness (QED) is 0.908. The highest BCUT2D eigenvalue weighted by Crippen LogP contribution is 2.20. The van der Waals surface area contributed by atoms with Crippen molar-refractivity contribution in [2.24, 2.45) is 0 Å². The molecule has 1 N–H and O–H groups in total. The molecule has 19 heavy (non-hydrogen) atoms. The van der Waals surface area contributed by atoms with Gasteiger partial charge in [0.05, 0.1) is 17.3 Å². The molecule has 0 unspecified atom stereocenters. The smallest absolute Gasteiger partial charge is 0.223 e. The van der Waals surface area contributed by atoms with Gasteiger partial charge < -0.3 is 5.32 Å². The maximum Gasteiger partial charge on any atom is 0.223 e. The molecule has 4 heteroatoms. The first-order valence-corrected chi connectivity index (χ1v) is 6.33. The fourth-order valence-electron chi connectivity index (χ4n) is 1.78. The van der Waals surface area contributed by atoms with Gasteiger partial charge in [-0.05, 0) is 31.5 Å². The summed E-state index contributed by atoms with van der Waals surface area (Å²) in [6.45, 7) is 4.89. The van der Waals surface area contributed by atoms with Gasteiger partial charge in [0.15, 0.2) is 0 Å². The Labute approximate surface area is 113 Å². The summed E-state index contributed by atoms with van der Waals surface area (Å²) >= 11 is 0. The molecular formula is C15H16N4. The van der Waals surface area contributed by atoms with Crippen LogP contribution >= 0.6 is 0 Å². The molecule has 0 amide bonds. The standard InChI is InChI=1S/C15H16N4/c1-3-7-17-15-18-11(2)8-14(19-15)13-6-4-5-12(9-13)10-16/h4-6,8-9H,3,7H2,1-2H3,(H,17,18,19). The predicted octanol–water partition coefficient (Wildman–Crippen LogP) is 3.15. The lowest BCUT2D eigenvalue weighted by atomic mass is 10.1. The third-order valence-electron chi connectivity index (χ3n) is 2.67. The number of nitriles is 1. The first-order valence-electron chi connectivity index (χ1n) is 6.33. The summed E-state index contributed by atoms with van der Waals surface area (Å²) < 4.78 is 0. The van der Waals surface area contributed by atoms with Crippen LogP contribution in [-0.4, -0.2) is 16.5 Å². The fraction of sp³-hybridized carbons (Fsp3) is 0.267. The molecule has 4 nitrogen and oxygen atoms in total. The molecule has 0 saturated carbocycles. The zero-order valence-electron chi connectivity index (χ0n) is 11.1. The van der Waals surface area contributed by atoms with E-state index in [0.717, 1.165) is 29.9 Å². The van der Waals surface area contributed by atoms with Crippen LogP contribution in [0.4, 0.5) is 5.95 Å². The Hall–Kier alpha value is -2.41. The molecule has 0 atom stereocenters. The van der Waals surface area contributed by atoms with Crippen molar-refractivity contribution in [3.8, 4) is 17.3 Å². The number of benzene rings is 1. The summed E-state index contributed by atoms with van der Waals surface area (Å²) in [6, 6.07) is 11.5. The molecule has 1 aromatic carbocycles. The number of aromatic nitrogens is 2. The Morgan fingerprint density at radius 3 is 2.84 bits per heavy atom. The minimum atomic E-state index is 0.636. The van der Waals surface area contributed by atoms with E-state index < -0.39 is 0 Å². The Morgan fingerprint density at radius 1 is 1.26 bits per heavy atom. The molecular weight excluding hydrogens is 236 g/mol. The Morgan fingerprint density at radius 2 is 2.11 bits per heavy atom. The summed E-state index contributed by atoms with van der Waals surface area (Å²) in [4.78, 5) is 8.84. The van der Waals surface area contributed by atoms with Crippen molar-refractivity contribution in [1.29, 1.82) is 5.26 Å². The van der Waals surface area contributed by atoms with Crippen LogP contribution in [0.3, 0.4) is 0 Å². The second kappa shape index (κ2) is 5.96. The summed E-state index contributed by atoms with van der Waals surface area (Å²) in [5.74, 6) is 0.638. The number of nitrogens with one attached hydrogen (secondary N) is 1. The normalized spacial score (nSPS) is 9.95. The second-order valence-corrected chi connectivity index (χ2v) is 4.34. The van der Waals surface area contributed by atoms with Gasteiger partial charge in [-0.15, -0.1) is 0 Å². The molecule has 0 spiro atoms. The van der Waals surface area contributed by atoms with Crippen LogP contribution < -0.4 is 5.32 Å². The summed E-state index contributed by atoms with van der Waals surface area (Å²) in [7, 11) is 0. The SMILES string of the molecule is CCCNc1nc(C)cc(-c2cccc(C#N)c2)n1. The van der Waals surface area contributed by atoms with E-state index in [-0.39, 0.29) is 0 Å². The third kappa shape index (κ3) is 3.29. The van der Waals surface area contributed by atoms with Crippen molar-refractivity contribution in [2.75, 3.05) is 11.9 Å². The van der Waals surface area contributed by atoms with Crippen LogP contribution in [0.15, 0.2) is 30.3 Å². The third-order valence-corrected chi connectivity index (χ3v) is 2.67. The largest absolute Gasteiger partial charge is 0.354 e. The number of nitrogens with zero attached hydrogens (tertiary/aromatic N) is 3. The molecule has 1 heterocycles. The van der Waals surface area contributed by atoms with E-state index in [1.807, 2.05) is 31.2 Å². The van der Waals surface area contributed by atoms with Crippen LogP contribution in [0.5, 0.6) is 0 Å². The van der Waals surface area contributed by atoms with Crippen molar-refractivity contribution >= 4 is 5.95 Å². The Balaban J connectivity index is 2.38. The highest BCUT2D eigenvalue weighted by atomic mass is 15.1. The first kappa shape index (κ1) is 13.0. The van der Waals surface area contributed by atoms with Gasteiger partial charge in [0.2, 0.25) is 5.95 Å². The van der Waals surface area contributed by atoms with Gasteiger partial charge in [0.25, 0.3) is 0 Å². The van der Waals surface area contributed by atoms with Gasteiger partial charge >= 0.3 is 0 Å². The van der Waals surface area contributed by atoms with Crippen molar-refractivity contribution in [1.82, 2.24) is 9.97 Å². The maximum absolute atomic E-state index is 8.94. The summed E-state index contributed by atoms with van der Waals surface area (Å²) in [5.41, 5.74) is 3.31. The molecule has 0 bridgehead atoms. The molecule has 0 aliphatic heterocycles. The summed E-state index contributed by atoms with van der Waals surface area (Å²) in [5, 5.41) is 12.1. The van der Waals surface area contributed by atoms with E-state index in [1.165, 1.54) is 0 Å². The van der Waals surface area contributed by atoms with E-state index in [0.29, 0.717) is 11.5 Å². The van der Waals surface area contributed by atoms with Crippen molar-refractivity contribution in [2.45, 2.75) is 20.3 Å². The highest BCUT2D eigenvalue weighted by Gasteiger charge is 2.05. The minimum absolute atomic E-state index is 0.636. The average Bonchev–Trinajstić information content (AvgIpc) is 2.44. The van der Waals surface area contributed by atoms with Crippen LogP contribution in [0, 0.1) is 18.3 Å². The Kier molecular flexibility index (Phi) is 4.09. The number of anilines is 1. The molecule has 0 fully saturated rings. The molecule has 96 valence electrons. The number of hydrogen-bond acceptors (Lipinski definition) is 4. The number of hydrogen-bond donors (Lipinski definition) is 1. The second-order valence-electron chi connectivity index (χ2n) is 4.34. The average molecular weight is 252 g/mol. The van der Waals surface area contributed by atoms with Crippen molar-refractivity contribution < 1.29 is 0 Å². The van der Waals surface area contributed by atoms with Gasteiger partial charge in [-0.25, -0.2) is 9.97 Å².